The predicted octanol–water partition coefficient (Wildman–Crippen LogP) is 4.06. The smallest absolute Gasteiger partial charge is 0.338 e. The molecule has 0 aliphatic carbocycles. The van der Waals surface area contributed by atoms with E-state index in [1.165, 1.54) is 0 Å². The lowest BCUT2D eigenvalue weighted by atomic mass is 10.2. The summed E-state index contributed by atoms with van der Waals surface area (Å²) in [7, 11) is 0. The zero-order chi connectivity index (χ0) is 19.6. The van der Waals surface area contributed by atoms with Gasteiger partial charge in [0.15, 0.2) is 0 Å². The number of amides is 2. The van der Waals surface area contributed by atoms with Crippen molar-refractivity contribution in [2.45, 2.75) is 6.92 Å². The van der Waals surface area contributed by atoms with Gasteiger partial charge in [-0.15, -0.1) is 0 Å². The molecule has 0 saturated heterocycles. The molecule has 0 bridgehead atoms. The topological polar surface area (TPSA) is 75.7 Å². The van der Waals surface area contributed by atoms with Gasteiger partial charge in [-0.05, 0) is 55.5 Å². The minimum atomic E-state index is -0.602. The van der Waals surface area contributed by atoms with Gasteiger partial charge in [-0.2, -0.15) is 0 Å². The maximum Gasteiger partial charge on any atom is 0.338 e. The summed E-state index contributed by atoms with van der Waals surface area (Å²) in [6.07, 6.45) is 0. The monoisotopic (exact) mass is 448 g/mol. The van der Waals surface area contributed by atoms with Crippen LogP contribution in [0.2, 0.25) is 0 Å². The molecule has 138 valence electrons. The molecule has 1 heterocycles. The predicted molar refractivity (Wildman–Crippen MR) is 106 cm³/mol. The molecule has 0 atom stereocenters. The summed E-state index contributed by atoms with van der Waals surface area (Å²) < 4.78 is 5.75. The highest BCUT2D eigenvalue weighted by molar-refractivity contribution is 9.10. The molecular formula is C19H14BrClN2O4. The molecule has 8 heteroatoms. The van der Waals surface area contributed by atoms with Crippen LogP contribution in [0.1, 0.15) is 17.3 Å². The second kappa shape index (κ2) is 7.94. The number of esters is 1. The van der Waals surface area contributed by atoms with Crippen molar-refractivity contribution in [2.75, 3.05) is 16.8 Å². The lowest BCUT2D eigenvalue weighted by Gasteiger charge is -2.15. The van der Waals surface area contributed by atoms with Crippen molar-refractivity contribution in [1.82, 2.24) is 0 Å². The summed E-state index contributed by atoms with van der Waals surface area (Å²) in [5, 5.41) is 2.66. The minimum Gasteiger partial charge on any atom is -0.462 e. The van der Waals surface area contributed by atoms with Gasteiger partial charge in [0.25, 0.3) is 11.8 Å². The molecular weight excluding hydrogens is 436 g/mol. The zero-order valence-electron chi connectivity index (χ0n) is 14.2. The normalized spacial score (nSPS) is 14.0. The third-order valence-corrected chi connectivity index (χ3v) is 4.66. The van der Waals surface area contributed by atoms with Gasteiger partial charge < -0.3 is 10.1 Å². The first-order valence-electron chi connectivity index (χ1n) is 8.00. The molecule has 0 saturated carbocycles. The molecule has 1 N–H and O–H groups in total. The van der Waals surface area contributed by atoms with E-state index in [2.05, 4.69) is 21.2 Å². The first-order chi connectivity index (χ1) is 12.9. The van der Waals surface area contributed by atoms with Gasteiger partial charge in [-0.25, -0.2) is 9.69 Å². The average molecular weight is 450 g/mol. The molecule has 0 unspecified atom stereocenters. The highest BCUT2D eigenvalue weighted by atomic mass is 79.9. The molecule has 0 fully saturated rings. The Labute approximate surface area is 168 Å². The van der Waals surface area contributed by atoms with Crippen LogP contribution in [0.3, 0.4) is 0 Å². The summed E-state index contributed by atoms with van der Waals surface area (Å²) in [5.41, 5.74) is 1.29. The maximum absolute atomic E-state index is 12.7. The summed E-state index contributed by atoms with van der Waals surface area (Å²) >= 11 is 9.40. The maximum atomic E-state index is 12.7. The summed E-state index contributed by atoms with van der Waals surface area (Å²) in [6, 6.07) is 13.0. The van der Waals surface area contributed by atoms with E-state index in [1.54, 1.807) is 55.5 Å². The van der Waals surface area contributed by atoms with E-state index in [1.807, 2.05) is 0 Å². The quantitative estimate of drug-likeness (QED) is 0.550. The van der Waals surface area contributed by atoms with Crippen LogP contribution >= 0.6 is 27.5 Å². The van der Waals surface area contributed by atoms with Gasteiger partial charge in [-0.3, -0.25) is 9.59 Å². The van der Waals surface area contributed by atoms with E-state index in [-0.39, 0.29) is 17.3 Å². The van der Waals surface area contributed by atoms with E-state index in [0.29, 0.717) is 16.9 Å². The fraction of sp³-hybridized carbons (Fsp3) is 0.105. The Kier molecular flexibility index (Phi) is 5.62. The van der Waals surface area contributed by atoms with Crippen LogP contribution in [-0.2, 0) is 14.3 Å². The zero-order valence-corrected chi connectivity index (χ0v) is 16.5. The van der Waals surface area contributed by atoms with Gasteiger partial charge in [0.05, 0.1) is 17.9 Å². The highest BCUT2D eigenvalue weighted by Crippen LogP contribution is 2.30. The Hall–Kier alpha value is -2.64. The van der Waals surface area contributed by atoms with Gasteiger partial charge in [0.1, 0.15) is 10.7 Å². The number of anilines is 2. The average Bonchev–Trinajstić information content (AvgIpc) is 2.87. The van der Waals surface area contributed by atoms with Crippen molar-refractivity contribution >= 4 is 56.7 Å². The van der Waals surface area contributed by atoms with Crippen LogP contribution < -0.4 is 10.2 Å². The first-order valence-corrected chi connectivity index (χ1v) is 9.17. The minimum absolute atomic E-state index is 0.0199. The van der Waals surface area contributed by atoms with E-state index in [4.69, 9.17) is 16.3 Å². The van der Waals surface area contributed by atoms with Crippen molar-refractivity contribution in [3.05, 3.63) is 69.3 Å². The molecule has 1 aliphatic rings. The number of benzene rings is 2. The summed E-state index contributed by atoms with van der Waals surface area (Å²) in [5.74, 6) is -1.59. The number of carbonyl (C=O) groups excluding carboxylic acids is 3. The van der Waals surface area contributed by atoms with Gasteiger partial charge >= 0.3 is 5.97 Å². The SMILES string of the molecule is CCOC(=O)c1ccc(NC2=C(Cl)C(=O)N(c3ccc(Br)cc3)C2=O)cc1. The summed E-state index contributed by atoms with van der Waals surface area (Å²) in [6.45, 7) is 2.01. The van der Waals surface area contributed by atoms with E-state index in [9.17, 15) is 14.4 Å². The third-order valence-electron chi connectivity index (χ3n) is 3.78. The molecule has 0 radical (unpaired) electrons. The van der Waals surface area contributed by atoms with Crippen molar-refractivity contribution in [2.24, 2.45) is 0 Å². The molecule has 2 aromatic rings. The molecule has 1 aliphatic heterocycles. The molecule has 2 amide bonds. The highest BCUT2D eigenvalue weighted by Gasteiger charge is 2.38. The second-order valence-electron chi connectivity index (χ2n) is 5.53. The van der Waals surface area contributed by atoms with E-state index >= 15 is 0 Å². The van der Waals surface area contributed by atoms with Crippen LogP contribution in [0.5, 0.6) is 0 Å². The van der Waals surface area contributed by atoms with E-state index in [0.717, 1.165) is 9.37 Å². The van der Waals surface area contributed by atoms with Crippen molar-refractivity contribution in [1.29, 1.82) is 0 Å². The largest absolute Gasteiger partial charge is 0.462 e. The number of rotatable bonds is 5. The number of ether oxygens (including phenoxy) is 1. The molecule has 2 aromatic carbocycles. The fourth-order valence-corrected chi connectivity index (χ4v) is 2.96. The van der Waals surface area contributed by atoms with Crippen molar-refractivity contribution < 1.29 is 19.1 Å². The van der Waals surface area contributed by atoms with Crippen molar-refractivity contribution in [3.63, 3.8) is 0 Å². The third kappa shape index (κ3) is 3.89. The Bertz CT molecular complexity index is 939. The number of hydrogen-bond donors (Lipinski definition) is 1. The number of nitrogens with one attached hydrogen (secondary N) is 1. The van der Waals surface area contributed by atoms with Crippen molar-refractivity contribution in [3.8, 4) is 0 Å². The molecule has 6 nitrogen and oxygen atoms in total. The number of carbonyl (C=O) groups is 3. The second-order valence-corrected chi connectivity index (χ2v) is 6.83. The number of hydrogen-bond acceptors (Lipinski definition) is 5. The lowest BCUT2D eigenvalue weighted by molar-refractivity contribution is -0.120. The van der Waals surface area contributed by atoms with Gasteiger partial charge in [0.2, 0.25) is 0 Å². The number of halogens is 2. The van der Waals surface area contributed by atoms with Crippen LogP contribution in [0.4, 0.5) is 11.4 Å². The Morgan fingerprint density at radius 1 is 1.07 bits per heavy atom. The van der Waals surface area contributed by atoms with Crippen LogP contribution in [0.15, 0.2) is 63.7 Å². The molecule has 3 rings (SSSR count). The Morgan fingerprint density at radius 3 is 2.30 bits per heavy atom. The Balaban J connectivity index is 1.80. The van der Waals surface area contributed by atoms with E-state index < -0.39 is 17.8 Å². The molecule has 0 spiro atoms. The molecule has 0 aromatic heterocycles. The van der Waals surface area contributed by atoms with Crippen LogP contribution in [0.25, 0.3) is 0 Å². The molecule has 27 heavy (non-hydrogen) atoms. The van der Waals surface area contributed by atoms with Gasteiger partial charge in [0, 0.05) is 10.2 Å². The standard InChI is InChI=1S/C19H14BrClN2O4/c1-2-27-19(26)11-3-7-13(8-4-11)22-16-15(21)17(24)23(18(16)25)14-9-5-12(20)6-10-14/h3-10,22H,2H2,1H3. The van der Waals surface area contributed by atoms with Gasteiger partial charge in [-0.1, -0.05) is 27.5 Å². The number of nitrogens with zero attached hydrogens (tertiary/aromatic N) is 1. The Morgan fingerprint density at radius 2 is 1.70 bits per heavy atom. The number of imide groups is 1. The van der Waals surface area contributed by atoms with Crippen LogP contribution in [0, 0.1) is 0 Å². The first kappa shape index (κ1) is 19.1. The summed E-state index contributed by atoms with van der Waals surface area (Å²) in [4.78, 5) is 37.8. The fourth-order valence-electron chi connectivity index (χ4n) is 2.48. The van der Waals surface area contributed by atoms with Crippen LogP contribution in [-0.4, -0.2) is 24.4 Å². The lowest BCUT2D eigenvalue weighted by Crippen LogP contribution is -2.32.